The number of aromatic nitrogens is 2. The summed E-state index contributed by atoms with van der Waals surface area (Å²) in [4.78, 5) is 0.477. The van der Waals surface area contributed by atoms with Gasteiger partial charge in [0.25, 0.3) is 0 Å². The minimum absolute atomic E-state index is 0.302. The van der Waals surface area contributed by atoms with Gasteiger partial charge in [-0.15, -0.1) is 22.0 Å². The van der Waals surface area contributed by atoms with Crippen molar-refractivity contribution in [3.05, 3.63) is 65.0 Å². The summed E-state index contributed by atoms with van der Waals surface area (Å²) in [5, 5.41) is 8.21. The Hall–Kier alpha value is -1.99. The van der Waals surface area contributed by atoms with Crippen molar-refractivity contribution < 1.29 is 17.6 Å². The highest BCUT2D eigenvalue weighted by Crippen LogP contribution is 2.38. The molecule has 1 atom stereocenters. The fourth-order valence-electron chi connectivity index (χ4n) is 2.14. The Morgan fingerprint density at radius 1 is 1.08 bits per heavy atom. The van der Waals surface area contributed by atoms with Crippen LogP contribution in [0.3, 0.4) is 0 Å². The van der Waals surface area contributed by atoms with Crippen molar-refractivity contribution in [3.63, 3.8) is 0 Å². The van der Waals surface area contributed by atoms with Gasteiger partial charge in [0.1, 0.15) is 0 Å². The Labute approximate surface area is 151 Å². The summed E-state index contributed by atoms with van der Waals surface area (Å²) in [7, 11) is 0. The maximum Gasteiger partial charge on any atom is 0.416 e. The van der Waals surface area contributed by atoms with Gasteiger partial charge in [-0.2, -0.15) is 13.2 Å². The molecule has 1 aromatic heterocycles. The van der Waals surface area contributed by atoms with Crippen LogP contribution in [-0.2, 0) is 6.18 Å². The zero-order valence-corrected chi connectivity index (χ0v) is 14.5. The third-order valence-electron chi connectivity index (χ3n) is 3.33. The lowest BCUT2D eigenvalue weighted by Gasteiger charge is -2.10. The van der Waals surface area contributed by atoms with Crippen LogP contribution in [0.25, 0.3) is 11.5 Å². The first-order valence-electron chi connectivity index (χ1n) is 7.26. The summed E-state index contributed by atoms with van der Waals surface area (Å²) in [5.74, 6) is 0.645. The van der Waals surface area contributed by atoms with Gasteiger partial charge < -0.3 is 4.42 Å². The Kier molecular flexibility index (Phi) is 5.06. The lowest BCUT2D eigenvalue weighted by Crippen LogP contribution is -2.04. The van der Waals surface area contributed by atoms with Crippen LogP contribution in [0.1, 0.15) is 23.6 Å². The molecule has 25 heavy (non-hydrogen) atoms. The number of alkyl halides is 3. The monoisotopic (exact) mass is 384 g/mol. The number of nitrogens with zero attached hydrogens (tertiary/aromatic N) is 2. The molecule has 0 fully saturated rings. The van der Waals surface area contributed by atoms with E-state index in [4.69, 9.17) is 16.0 Å². The van der Waals surface area contributed by atoms with Crippen LogP contribution in [-0.4, -0.2) is 10.2 Å². The van der Waals surface area contributed by atoms with E-state index >= 15 is 0 Å². The minimum Gasteiger partial charge on any atom is -0.419 e. The van der Waals surface area contributed by atoms with Crippen molar-refractivity contribution in [1.82, 2.24) is 10.2 Å². The van der Waals surface area contributed by atoms with E-state index in [1.54, 1.807) is 37.3 Å². The van der Waals surface area contributed by atoms with E-state index in [0.29, 0.717) is 27.3 Å². The minimum atomic E-state index is -4.37. The maximum atomic E-state index is 12.8. The molecule has 3 aromatic rings. The normalized spacial score (nSPS) is 13.0. The lowest BCUT2D eigenvalue weighted by molar-refractivity contribution is -0.137. The van der Waals surface area contributed by atoms with Crippen molar-refractivity contribution >= 4 is 23.4 Å². The zero-order valence-electron chi connectivity index (χ0n) is 12.9. The van der Waals surface area contributed by atoms with Gasteiger partial charge in [0.05, 0.1) is 10.8 Å². The van der Waals surface area contributed by atoms with E-state index in [1.807, 2.05) is 0 Å². The fourth-order valence-corrected chi connectivity index (χ4v) is 3.28. The van der Waals surface area contributed by atoms with Crippen LogP contribution in [0.5, 0.6) is 0 Å². The summed E-state index contributed by atoms with van der Waals surface area (Å²) >= 11 is 7.15. The van der Waals surface area contributed by atoms with Crippen LogP contribution in [0.2, 0.25) is 5.02 Å². The summed E-state index contributed by atoms with van der Waals surface area (Å²) < 4.78 is 44.0. The molecule has 0 aliphatic rings. The molecule has 0 unspecified atom stereocenters. The lowest BCUT2D eigenvalue weighted by atomic mass is 10.2. The summed E-state index contributed by atoms with van der Waals surface area (Å²) in [6.07, 6.45) is -4.37. The SMILES string of the molecule is C[C@H](Sc1cccc(C(F)(F)F)c1)c1nnc(-c2cccc(Cl)c2)o1. The molecule has 1 heterocycles. The van der Waals surface area contributed by atoms with Crippen LogP contribution >= 0.6 is 23.4 Å². The van der Waals surface area contributed by atoms with E-state index < -0.39 is 11.7 Å². The Morgan fingerprint density at radius 3 is 2.56 bits per heavy atom. The first-order valence-corrected chi connectivity index (χ1v) is 8.52. The van der Waals surface area contributed by atoms with Crippen molar-refractivity contribution in [2.75, 3.05) is 0 Å². The molecule has 0 saturated carbocycles. The maximum absolute atomic E-state index is 12.8. The van der Waals surface area contributed by atoms with E-state index in [-0.39, 0.29) is 5.25 Å². The highest BCUT2D eigenvalue weighted by Gasteiger charge is 2.30. The molecule has 0 amide bonds. The van der Waals surface area contributed by atoms with Crippen molar-refractivity contribution in [3.8, 4) is 11.5 Å². The summed E-state index contributed by atoms with van der Waals surface area (Å²) in [5.41, 5.74) is -0.00244. The predicted molar refractivity (Wildman–Crippen MR) is 90.5 cm³/mol. The van der Waals surface area contributed by atoms with Gasteiger partial charge in [0.15, 0.2) is 0 Å². The Bertz CT molecular complexity index is 882. The molecule has 0 saturated heterocycles. The quantitative estimate of drug-likeness (QED) is 0.497. The molecule has 0 bridgehead atoms. The number of benzene rings is 2. The number of rotatable bonds is 4. The van der Waals surface area contributed by atoms with E-state index in [9.17, 15) is 13.2 Å². The molecular weight excluding hydrogens is 373 g/mol. The van der Waals surface area contributed by atoms with Crippen LogP contribution in [0.15, 0.2) is 57.8 Å². The average Bonchev–Trinajstić information content (AvgIpc) is 3.04. The highest BCUT2D eigenvalue weighted by atomic mass is 35.5. The molecule has 0 aliphatic carbocycles. The zero-order chi connectivity index (χ0) is 18.0. The van der Waals surface area contributed by atoms with Gasteiger partial charge in [-0.1, -0.05) is 23.7 Å². The predicted octanol–water partition coefficient (Wildman–Crippen LogP) is 6.26. The summed E-state index contributed by atoms with van der Waals surface area (Å²) in [6.45, 7) is 1.79. The first-order chi connectivity index (χ1) is 11.8. The molecule has 0 radical (unpaired) electrons. The van der Waals surface area contributed by atoms with Crippen molar-refractivity contribution in [1.29, 1.82) is 0 Å². The van der Waals surface area contributed by atoms with Gasteiger partial charge in [0, 0.05) is 15.5 Å². The molecule has 0 N–H and O–H groups in total. The number of hydrogen-bond donors (Lipinski definition) is 0. The van der Waals surface area contributed by atoms with Crippen molar-refractivity contribution in [2.24, 2.45) is 0 Å². The van der Waals surface area contributed by atoms with Gasteiger partial charge in [-0.3, -0.25) is 0 Å². The topological polar surface area (TPSA) is 38.9 Å². The van der Waals surface area contributed by atoms with E-state index in [1.165, 1.54) is 17.8 Å². The Morgan fingerprint density at radius 2 is 1.84 bits per heavy atom. The van der Waals surface area contributed by atoms with Crippen LogP contribution < -0.4 is 0 Å². The molecule has 8 heteroatoms. The molecule has 130 valence electrons. The molecular formula is C17H12ClF3N2OS. The standard InChI is InChI=1S/C17H12ClF3N2OS/c1-10(25-14-7-3-5-12(9-14)17(19,20)21)15-22-23-16(24-15)11-4-2-6-13(18)8-11/h2-10H,1H3/t10-/m0/s1. The smallest absolute Gasteiger partial charge is 0.416 e. The molecule has 3 rings (SSSR count). The molecule has 3 nitrogen and oxygen atoms in total. The third kappa shape index (κ3) is 4.35. The van der Waals surface area contributed by atoms with Gasteiger partial charge in [0.2, 0.25) is 11.8 Å². The molecule has 0 aliphatic heterocycles. The second kappa shape index (κ2) is 7.09. The third-order valence-corrected chi connectivity index (χ3v) is 4.65. The van der Waals surface area contributed by atoms with E-state index in [2.05, 4.69) is 10.2 Å². The van der Waals surface area contributed by atoms with Gasteiger partial charge in [-0.05, 0) is 43.3 Å². The largest absolute Gasteiger partial charge is 0.419 e. The van der Waals surface area contributed by atoms with Gasteiger partial charge >= 0.3 is 6.18 Å². The molecule has 2 aromatic carbocycles. The van der Waals surface area contributed by atoms with Crippen LogP contribution in [0, 0.1) is 0 Å². The summed E-state index contributed by atoms with van der Waals surface area (Å²) in [6, 6.07) is 12.1. The van der Waals surface area contributed by atoms with Crippen molar-refractivity contribution in [2.45, 2.75) is 23.2 Å². The number of halogens is 4. The first kappa shape index (κ1) is 17.8. The number of hydrogen-bond acceptors (Lipinski definition) is 4. The average molecular weight is 385 g/mol. The second-order valence-corrected chi connectivity index (χ2v) is 7.09. The number of thioether (sulfide) groups is 1. The fraction of sp³-hybridized carbons (Fsp3) is 0.176. The van der Waals surface area contributed by atoms with Crippen LogP contribution in [0.4, 0.5) is 13.2 Å². The van der Waals surface area contributed by atoms with E-state index in [0.717, 1.165) is 12.1 Å². The highest BCUT2D eigenvalue weighted by molar-refractivity contribution is 7.99. The second-order valence-electron chi connectivity index (χ2n) is 5.24. The van der Waals surface area contributed by atoms with Gasteiger partial charge in [-0.25, -0.2) is 0 Å². The Balaban J connectivity index is 1.77. The molecule has 0 spiro atoms.